The van der Waals surface area contributed by atoms with Crippen LogP contribution in [-0.2, 0) is 4.74 Å². The molecule has 0 aliphatic carbocycles. The number of rotatable bonds is 5. The van der Waals surface area contributed by atoms with Gasteiger partial charge in [0.2, 0.25) is 5.75 Å². The molecule has 0 atom stereocenters. The summed E-state index contributed by atoms with van der Waals surface area (Å²) in [5.41, 5.74) is 1.09. The quantitative estimate of drug-likeness (QED) is 0.788. The third-order valence-corrected chi connectivity index (χ3v) is 4.11. The maximum atomic E-state index is 11.7. The SMILES string of the molecule is COC(=O)c1nc(-c2cc(OC)c(OC)c(OC)c2)sc1C. The van der Waals surface area contributed by atoms with E-state index in [-0.39, 0.29) is 0 Å². The molecule has 1 aromatic carbocycles. The number of thiazole rings is 1. The summed E-state index contributed by atoms with van der Waals surface area (Å²) in [6.07, 6.45) is 0. The lowest BCUT2D eigenvalue weighted by Crippen LogP contribution is -2.03. The second kappa shape index (κ2) is 6.65. The largest absolute Gasteiger partial charge is 0.493 e. The molecule has 6 nitrogen and oxygen atoms in total. The van der Waals surface area contributed by atoms with Crippen LogP contribution in [0.15, 0.2) is 12.1 Å². The first-order valence-electron chi connectivity index (χ1n) is 6.41. The second-order valence-corrected chi connectivity index (χ2v) is 5.53. The Morgan fingerprint density at radius 2 is 1.64 bits per heavy atom. The van der Waals surface area contributed by atoms with E-state index in [2.05, 4.69) is 4.98 Å². The maximum absolute atomic E-state index is 11.7. The summed E-state index contributed by atoms with van der Waals surface area (Å²) >= 11 is 1.40. The molecule has 118 valence electrons. The molecule has 1 aromatic heterocycles. The number of esters is 1. The van der Waals surface area contributed by atoms with Crippen LogP contribution in [0.25, 0.3) is 10.6 Å². The van der Waals surface area contributed by atoms with Crippen molar-refractivity contribution in [2.24, 2.45) is 0 Å². The van der Waals surface area contributed by atoms with Crippen LogP contribution in [0, 0.1) is 6.92 Å². The highest BCUT2D eigenvalue weighted by atomic mass is 32.1. The van der Waals surface area contributed by atoms with Crippen molar-refractivity contribution in [1.82, 2.24) is 4.98 Å². The predicted octanol–water partition coefficient (Wildman–Crippen LogP) is 2.93. The van der Waals surface area contributed by atoms with Gasteiger partial charge >= 0.3 is 5.97 Å². The highest BCUT2D eigenvalue weighted by Gasteiger charge is 2.20. The van der Waals surface area contributed by atoms with Crippen LogP contribution in [0.4, 0.5) is 0 Å². The molecule has 0 saturated carbocycles. The lowest BCUT2D eigenvalue weighted by molar-refractivity contribution is 0.0594. The molecule has 2 aromatic rings. The summed E-state index contributed by atoms with van der Waals surface area (Å²) in [7, 11) is 5.98. The molecule has 0 radical (unpaired) electrons. The first-order valence-corrected chi connectivity index (χ1v) is 7.23. The van der Waals surface area contributed by atoms with Crippen LogP contribution in [0.1, 0.15) is 15.4 Å². The molecule has 0 aliphatic heterocycles. The summed E-state index contributed by atoms with van der Waals surface area (Å²) in [5.74, 6) is 1.12. The first-order chi connectivity index (χ1) is 10.5. The fourth-order valence-corrected chi connectivity index (χ4v) is 2.90. The molecule has 0 amide bonds. The van der Waals surface area contributed by atoms with Gasteiger partial charge in [0.15, 0.2) is 17.2 Å². The van der Waals surface area contributed by atoms with Gasteiger partial charge in [-0.25, -0.2) is 9.78 Å². The highest BCUT2D eigenvalue weighted by molar-refractivity contribution is 7.15. The number of aryl methyl sites for hydroxylation is 1. The van der Waals surface area contributed by atoms with Crippen molar-refractivity contribution in [3.63, 3.8) is 0 Å². The average Bonchev–Trinajstić information content (AvgIpc) is 2.94. The number of carbonyl (C=O) groups is 1. The molecule has 0 spiro atoms. The minimum atomic E-state index is -0.451. The topological polar surface area (TPSA) is 66.9 Å². The van der Waals surface area contributed by atoms with E-state index in [1.165, 1.54) is 18.4 Å². The van der Waals surface area contributed by atoms with E-state index < -0.39 is 5.97 Å². The van der Waals surface area contributed by atoms with Gasteiger partial charge in [0.1, 0.15) is 5.01 Å². The maximum Gasteiger partial charge on any atom is 0.357 e. The Hall–Kier alpha value is -2.28. The average molecular weight is 323 g/mol. The van der Waals surface area contributed by atoms with Gasteiger partial charge in [-0.2, -0.15) is 0 Å². The number of ether oxygens (including phenoxy) is 4. The number of benzene rings is 1. The molecule has 2 rings (SSSR count). The van der Waals surface area contributed by atoms with E-state index >= 15 is 0 Å². The van der Waals surface area contributed by atoms with Gasteiger partial charge in [0, 0.05) is 10.4 Å². The molecular weight excluding hydrogens is 306 g/mol. The lowest BCUT2D eigenvalue weighted by atomic mass is 10.2. The van der Waals surface area contributed by atoms with E-state index in [0.717, 1.165) is 10.4 Å². The third-order valence-electron chi connectivity index (χ3n) is 3.09. The normalized spacial score (nSPS) is 10.2. The Morgan fingerprint density at radius 1 is 1.05 bits per heavy atom. The zero-order valence-electron chi connectivity index (χ0n) is 13.1. The molecule has 7 heteroatoms. The number of carbonyl (C=O) groups excluding carboxylic acids is 1. The van der Waals surface area contributed by atoms with Crippen molar-refractivity contribution in [2.75, 3.05) is 28.4 Å². The van der Waals surface area contributed by atoms with Crippen LogP contribution in [0.5, 0.6) is 17.2 Å². The molecule has 22 heavy (non-hydrogen) atoms. The fraction of sp³-hybridized carbons (Fsp3) is 0.333. The van der Waals surface area contributed by atoms with Crippen LogP contribution in [-0.4, -0.2) is 39.4 Å². The first kappa shape index (κ1) is 16.1. The van der Waals surface area contributed by atoms with E-state index in [9.17, 15) is 4.79 Å². The van der Waals surface area contributed by atoms with Crippen LogP contribution < -0.4 is 14.2 Å². The van der Waals surface area contributed by atoms with E-state index in [1.54, 1.807) is 33.5 Å². The van der Waals surface area contributed by atoms with Crippen molar-refractivity contribution in [3.8, 4) is 27.8 Å². The molecule has 0 aliphatic rings. The summed E-state index contributed by atoms with van der Waals surface area (Å²) in [5, 5.41) is 0.678. The standard InChI is InChI=1S/C15H17NO5S/c1-8-12(15(17)21-5)16-14(22-8)9-6-10(18-2)13(20-4)11(7-9)19-3/h6-7H,1-5H3. The Kier molecular flexibility index (Phi) is 4.87. The summed E-state index contributed by atoms with van der Waals surface area (Å²) < 4.78 is 20.7. The summed E-state index contributed by atoms with van der Waals surface area (Å²) in [4.78, 5) is 16.8. The van der Waals surface area contributed by atoms with Gasteiger partial charge < -0.3 is 18.9 Å². The van der Waals surface area contributed by atoms with Crippen molar-refractivity contribution in [1.29, 1.82) is 0 Å². The molecule has 1 heterocycles. The number of hydrogen-bond donors (Lipinski definition) is 0. The minimum Gasteiger partial charge on any atom is -0.493 e. The van der Waals surface area contributed by atoms with Crippen LogP contribution >= 0.6 is 11.3 Å². The van der Waals surface area contributed by atoms with E-state index in [0.29, 0.717) is 28.0 Å². The second-order valence-electron chi connectivity index (χ2n) is 4.33. The van der Waals surface area contributed by atoms with Crippen molar-refractivity contribution >= 4 is 17.3 Å². The van der Waals surface area contributed by atoms with Gasteiger partial charge in [-0.3, -0.25) is 0 Å². The molecule has 0 bridgehead atoms. The Bertz CT molecular complexity index is 670. The van der Waals surface area contributed by atoms with Crippen molar-refractivity contribution in [2.45, 2.75) is 6.92 Å². The van der Waals surface area contributed by atoms with Gasteiger partial charge in [0.05, 0.1) is 28.4 Å². The van der Waals surface area contributed by atoms with Crippen LogP contribution in [0.3, 0.4) is 0 Å². The molecule has 0 fully saturated rings. The smallest absolute Gasteiger partial charge is 0.357 e. The van der Waals surface area contributed by atoms with Crippen molar-refractivity contribution in [3.05, 3.63) is 22.7 Å². The van der Waals surface area contributed by atoms with Gasteiger partial charge in [-0.05, 0) is 19.1 Å². The lowest BCUT2D eigenvalue weighted by Gasteiger charge is -2.13. The predicted molar refractivity (Wildman–Crippen MR) is 83.3 cm³/mol. The Morgan fingerprint density at radius 3 is 2.09 bits per heavy atom. The van der Waals surface area contributed by atoms with Crippen molar-refractivity contribution < 1.29 is 23.7 Å². The molecule has 0 N–H and O–H groups in total. The monoisotopic (exact) mass is 323 g/mol. The molecular formula is C15H17NO5S. The number of hydrogen-bond acceptors (Lipinski definition) is 7. The zero-order valence-corrected chi connectivity index (χ0v) is 13.9. The molecule has 0 saturated heterocycles. The van der Waals surface area contributed by atoms with Crippen LogP contribution in [0.2, 0.25) is 0 Å². The van der Waals surface area contributed by atoms with Gasteiger partial charge in [0.25, 0.3) is 0 Å². The van der Waals surface area contributed by atoms with E-state index in [1.807, 2.05) is 6.92 Å². The minimum absolute atomic E-state index is 0.316. The van der Waals surface area contributed by atoms with E-state index in [4.69, 9.17) is 18.9 Å². The fourth-order valence-electron chi connectivity index (χ4n) is 2.01. The number of nitrogens with zero attached hydrogens (tertiary/aromatic N) is 1. The summed E-state index contributed by atoms with van der Waals surface area (Å²) in [6.45, 7) is 1.82. The highest BCUT2D eigenvalue weighted by Crippen LogP contribution is 2.42. The number of aromatic nitrogens is 1. The van der Waals surface area contributed by atoms with Gasteiger partial charge in [-0.15, -0.1) is 11.3 Å². The Labute approximate surface area is 132 Å². The zero-order chi connectivity index (χ0) is 16.3. The van der Waals surface area contributed by atoms with Gasteiger partial charge in [-0.1, -0.05) is 0 Å². The summed E-state index contributed by atoms with van der Waals surface area (Å²) in [6, 6.07) is 3.58. The third kappa shape index (κ3) is 2.85. The Balaban J connectivity index is 2.55. The molecule has 0 unspecified atom stereocenters. The number of methoxy groups -OCH3 is 4.